The molecule has 1 aromatic carbocycles. The Balaban J connectivity index is 1.33. The van der Waals surface area contributed by atoms with Gasteiger partial charge in [-0.25, -0.2) is 4.39 Å². The molecular weight excluding hydrogens is 409 g/mol. The zero-order valence-electron chi connectivity index (χ0n) is 19.0. The predicted octanol–water partition coefficient (Wildman–Crippen LogP) is 1.67. The number of nitrogens with zero attached hydrogens (tertiary/aromatic N) is 3. The Morgan fingerprint density at radius 1 is 1.41 bits per heavy atom. The second-order valence-electron chi connectivity index (χ2n) is 9.41. The number of hydrogen-bond acceptors (Lipinski definition) is 6. The monoisotopic (exact) mass is 443 g/mol. The van der Waals surface area contributed by atoms with Crippen LogP contribution in [0, 0.1) is 23.1 Å². The van der Waals surface area contributed by atoms with Crippen LogP contribution in [-0.2, 0) is 16.0 Å². The number of carbonyl (C=O) groups is 1. The largest absolute Gasteiger partial charge is 0.383 e. The van der Waals surface area contributed by atoms with E-state index in [2.05, 4.69) is 33.4 Å². The molecule has 1 aromatic rings. The molecule has 0 aromatic heterocycles. The molecule has 2 aliphatic heterocycles. The minimum absolute atomic E-state index is 0.138. The van der Waals surface area contributed by atoms with Gasteiger partial charge in [0.05, 0.1) is 18.7 Å². The minimum Gasteiger partial charge on any atom is -0.383 e. The van der Waals surface area contributed by atoms with Crippen molar-refractivity contribution in [1.29, 1.82) is 5.26 Å². The number of piperazine rings is 1. The van der Waals surface area contributed by atoms with Crippen molar-refractivity contribution >= 4 is 11.6 Å². The number of fused-ring (bicyclic) bond motifs is 2. The number of amides is 1. The van der Waals surface area contributed by atoms with Crippen molar-refractivity contribution < 1.29 is 13.9 Å². The van der Waals surface area contributed by atoms with Crippen LogP contribution in [0.3, 0.4) is 0 Å². The second kappa shape index (κ2) is 10.2. The van der Waals surface area contributed by atoms with E-state index < -0.39 is 6.04 Å². The Morgan fingerprint density at radius 3 is 2.88 bits per heavy atom. The van der Waals surface area contributed by atoms with Crippen molar-refractivity contribution in [3.05, 3.63) is 29.6 Å². The topological polar surface area (TPSA) is 80.6 Å². The number of ether oxygens (including phenoxy) is 1. The van der Waals surface area contributed by atoms with Crippen molar-refractivity contribution in [2.75, 3.05) is 44.8 Å². The van der Waals surface area contributed by atoms with Crippen LogP contribution in [0.2, 0.25) is 0 Å². The Morgan fingerprint density at radius 2 is 2.25 bits per heavy atom. The highest BCUT2D eigenvalue weighted by Gasteiger charge is 2.43. The number of benzene rings is 1. The summed E-state index contributed by atoms with van der Waals surface area (Å²) in [6.07, 6.45) is 3.37. The summed E-state index contributed by atoms with van der Waals surface area (Å²) in [4.78, 5) is 17.2. The number of methoxy groups -OCH3 is 1. The predicted molar refractivity (Wildman–Crippen MR) is 121 cm³/mol. The lowest BCUT2D eigenvalue weighted by molar-refractivity contribution is -0.124. The first kappa shape index (κ1) is 23.0. The highest BCUT2D eigenvalue weighted by atomic mass is 19.1. The van der Waals surface area contributed by atoms with E-state index in [0.717, 1.165) is 51.1 Å². The first-order valence-electron chi connectivity index (χ1n) is 11.7. The van der Waals surface area contributed by atoms with Crippen molar-refractivity contribution in [2.45, 2.75) is 56.8 Å². The average molecular weight is 444 g/mol. The van der Waals surface area contributed by atoms with Crippen molar-refractivity contribution in [3.63, 3.8) is 0 Å². The Labute approximate surface area is 189 Å². The smallest absolute Gasteiger partial charge is 0.238 e. The van der Waals surface area contributed by atoms with Gasteiger partial charge in [0.15, 0.2) is 0 Å². The van der Waals surface area contributed by atoms with Gasteiger partial charge in [-0.3, -0.25) is 9.69 Å². The molecule has 5 atom stereocenters. The fourth-order valence-corrected chi connectivity index (χ4v) is 5.43. The third-order valence-electron chi connectivity index (χ3n) is 7.29. The van der Waals surface area contributed by atoms with Gasteiger partial charge in [-0.15, -0.1) is 0 Å². The molecule has 3 aliphatic rings. The number of nitriles is 1. The van der Waals surface area contributed by atoms with E-state index in [1.165, 1.54) is 0 Å². The molecule has 4 unspecified atom stereocenters. The van der Waals surface area contributed by atoms with E-state index in [4.69, 9.17) is 4.74 Å². The molecule has 1 saturated carbocycles. The standard InChI is InChI=1S/C24H34FN5O2/c1-16-15-30(8-7-29(16)9-10-32-2)21-6-4-17(22(25)13-21)11-20(14-26)28-24(31)23-18-3-5-19(12-18)27-23/h4,6,13,16,18-20,23,27H,3,5,7-12,15H2,1-2H3,(H,28,31)/t16?,18?,19?,20-,23?/m0/s1. The number of carbonyl (C=O) groups excluding carboxylic acids is 1. The molecule has 2 N–H and O–H groups in total. The van der Waals surface area contributed by atoms with E-state index in [1.54, 1.807) is 19.2 Å². The molecule has 174 valence electrons. The molecule has 2 saturated heterocycles. The number of rotatable bonds is 8. The van der Waals surface area contributed by atoms with E-state index >= 15 is 0 Å². The summed E-state index contributed by atoms with van der Waals surface area (Å²) in [6, 6.07) is 7.17. The molecule has 32 heavy (non-hydrogen) atoms. The maximum atomic E-state index is 14.9. The van der Waals surface area contributed by atoms with Gasteiger partial charge in [0, 0.05) is 57.5 Å². The van der Waals surface area contributed by atoms with E-state index in [0.29, 0.717) is 30.2 Å². The molecule has 2 heterocycles. The summed E-state index contributed by atoms with van der Waals surface area (Å²) in [6.45, 7) is 6.36. The lowest BCUT2D eigenvalue weighted by Gasteiger charge is -2.41. The van der Waals surface area contributed by atoms with Crippen molar-refractivity contribution in [1.82, 2.24) is 15.5 Å². The number of hydrogen-bond donors (Lipinski definition) is 2. The lowest BCUT2D eigenvalue weighted by Crippen LogP contribution is -2.52. The van der Waals surface area contributed by atoms with Crippen LogP contribution in [0.5, 0.6) is 0 Å². The van der Waals surface area contributed by atoms with Crippen LogP contribution in [-0.4, -0.2) is 74.9 Å². The molecule has 1 aliphatic carbocycles. The van der Waals surface area contributed by atoms with Gasteiger partial charge in [0.25, 0.3) is 0 Å². The van der Waals surface area contributed by atoms with Crippen LogP contribution in [0.15, 0.2) is 18.2 Å². The molecule has 8 heteroatoms. The Kier molecular flexibility index (Phi) is 7.29. The lowest BCUT2D eigenvalue weighted by atomic mass is 9.98. The summed E-state index contributed by atoms with van der Waals surface area (Å²) in [7, 11) is 1.71. The van der Waals surface area contributed by atoms with E-state index in [-0.39, 0.29) is 24.2 Å². The molecule has 2 bridgehead atoms. The van der Waals surface area contributed by atoms with Crippen LogP contribution < -0.4 is 15.5 Å². The quantitative estimate of drug-likeness (QED) is 0.636. The van der Waals surface area contributed by atoms with Crippen LogP contribution in [0.25, 0.3) is 0 Å². The summed E-state index contributed by atoms with van der Waals surface area (Å²) < 4.78 is 20.1. The summed E-state index contributed by atoms with van der Waals surface area (Å²) in [5.41, 5.74) is 1.31. The first-order valence-corrected chi connectivity index (χ1v) is 11.7. The highest BCUT2D eigenvalue weighted by Crippen LogP contribution is 2.35. The van der Waals surface area contributed by atoms with Crippen molar-refractivity contribution in [3.8, 4) is 6.07 Å². The number of anilines is 1. The highest BCUT2D eigenvalue weighted by molar-refractivity contribution is 5.83. The summed E-state index contributed by atoms with van der Waals surface area (Å²) in [5, 5.41) is 15.7. The third-order valence-corrected chi connectivity index (χ3v) is 7.29. The molecular formula is C24H34FN5O2. The zero-order chi connectivity index (χ0) is 22.7. The average Bonchev–Trinajstić information content (AvgIpc) is 3.43. The zero-order valence-corrected chi connectivity index (χ0v) is 19.0. The van der Waals surface area contributed by atoms with Gasteiger partial charge in [-0.05, 0) is 49.8 Å². The van der Waals surface area contributed by atoms with Gasteiger partial charge in [0.2, 0.25) is 5.91 Å². The molecule has 0 radical (unpaired) electrons. The second-order valence-corrected chi connectivity index (χ2v) is 9.41. The molecule has 3 fully saturated rings. The molecule has 0 spiro atoms. The Bertz CT molecular complexity index is 859. The summed E-state index contributed by atoms with van der Waals surface area (Å²) in [5.74, 6) is -0.113. The maximum absolute atomic E-state index is 14.9. The molecule has 7 nitrogen and oxygen atoms in total. The Hall–Kier alpha value is -2.21. The van der Waals surface area contributed by atoms with Crippen LogP contribution in [0.4, 0.5) is 10.1 Å². The van der Waals surface area contributed by atoms with Crippen molar-refractivity contribution in [2.24, 2.45) is 5.92 Å². The van der Waals surface area contributed by atoms with Crippen LogP contribution >= 0.6 is 0 Å². The number of halogens is 1. The molecule has 4 rings (SSSR count). The van der Waals surface area contributed by atoms with Gasteiger partial charge < -0.3 is 20.3 Å². The van der Waals surface area contributed by atoms with Gasteiger partial charge in [-0.1, -0.05) is 6.07 Å². The third kappa shape index (κ3) is 5.06. The fourth-order valence-electron chi connectivity index (χ4n) is 5.43. The summed E-state index contributed by atoms with van der Waals surface area (Å²) >= 11 is 0. The van der Waals surface area contributed by atoms with Gasteiger partial charge in [0.1, 0.15) is 11.9 Å². The minimum atomic E-state index is -0.742. The number of piperidine rings is 1. The van der Waals surface area contributed by atoms with Crippen LogP contribution in [0.1, 0.15) is 31.7 Å². The molecule has 1 amide bonds. The van der Waals surface area contributed by atoms with E-state index in [9.17, 15) is 14.4 Å². The normalized spacial score (nSPS) is 28.5. The SMILES string of the molecule is COCCN1CCN(c2ccc(C[C@@H](C#N)NC(=O)C3NC4CCC3C4)c(F)c2)CC1C. The fraction of sp³-hybridized carbons (Fsp3) is 0.667. The number of nitrogens with one attached hydrogen (secondary N) is 2. The maximum Gasteiger partial charge on any atom is 0.238 e. The van der Waals surface area contributed by atoms with Gasteiger partial charge in [-0.2, -0.15) is 5.26 Å². The first-order chi connectivity index (χ1) is 15.5. The van der Waals surface area contributed by atoms with E-state index in [1.807, 2.05) is 6.07 Å². The van der Waals surface area contributed by atoms with Gasteiger partial charge >= 0.3 is 0 Å².